The average Bonchev–Trinajstić information content (AvgIpc) is 2.75. The van der Waals surface area contributed by atoms with Crippen molar-refractivity contribution in [1.82, 2.24) is 14.3 Å². The van der Waals surface area contributed by atoms with Gasteiger partial charge in [0.1, 0.15) is 18.0 Å². The monoisotopic (exact) mass is 419 g/mol. The number of nitrogens with one attached hydrogen (secondary N) is 1. The van der Waals surface area contributed by atoms with Crippen LogP contribution in [0.15, 0.2) is 41.6 Å². The summed E-state index contributed by atoms with van der Waals surface area (Å²) >= 11 is 0. The molecule has 1 N–H and O–H groups in total. The maximum Gasteiger partial charge on any atom is 0.256 e. The van der Waals surface area contributed by atoms with E-state index in [0.717, 1.165) is 18.9 Å². The molecule has 9 nitrogen and oxygen atoms in total. The minimum Gasteiger partial charge on any atom is -0.378 e. The van der Waals surface area contributed by atoms with Gasteiger partial charge in [0.2, 0.25) is 10.0 Å². The lowest BCUT2D eigenvalue weighted by Crippen LogP contribution is -2.36. The van der Waals surface area contributed by atoms with E-state index in [0.29, 0.717) is 37.7 Å². The SMILES string of the molecule is CCN(CC)S(=O)(=O)c1ccc(C(=O)Nc2cc(N3CCOCC3)ncn2)cc1. The van der Waals surface area contributed by atoms with Crippen LogP contribution in [0.1, 0.15) is 24.2 Å². The number of carbonyl (C=O) groups excluding carboxylic acids is 1. The molecule has 0 unspecified atom stereocenters. The van der Waals surface area contributed by atoms with Crippen LogP contribution in [0.3, 0.4) is 0 Å². The molecule has 0 atom stereocenters. The fourth-order valence-corrected chi connectivity index (χ4v) is 4.52. The zero-order valence-corrected chi connectivity index (χ0v) is 17.4. The fourth-order valence-electron chi connectivity index (χ4n) is 3.06. The average molecular weight is 420 g/mol. The molecule has 2 aromatic rings. The summed E-state index contributed by atoms with van der Waals surface area (Å²) in [6.45, 7) is 7.08. The van der Waals surface area contributed by atoms with Crippen molar-refractivity contribution in [2.45, 2.75) is 18.7 Å². The van der Waals surface area contributed by atoms with Crippen LogP contribution in [0, 0.1) is 0 Å². The first-order valence-corrected chi connectivity index (χ1v) is 11.0. The lowest BCUT2D eigenvalue weighted by molar-refractivity contribution is 0.102. The standard InChI is InChI=1S/C19H25N5O4S/c1-3-24(4-2)29(26,27)16-7-5-15(6-8-16)19(25)22-17-13-18(21-14-20-17)23-9-11-28-12-10-23/h5-8,13-14H,3-4,9-12H2,1-2H3,(H,20,21,22,25). The zero-order chi connectivity index (χ0) is 20.9. The first-order valence-electron chi connectivity index (χ1n) is 9.52. The number of ether oxygens (including phenoxy) is 1. The van der Waals surface area contributed by atoms with Gasteiger partial charge in [-0.05, 0) is 24.3 Å². The molecule has 0 radical (unpaired) electrons. The largest absolute Gasteiger partial charge is 0.378 e. The second-order valence-electron chi connectivity index (χ2n) is 6.43. The van der Waals surface area contributed by atoms with E-state index in [1.165, 1.54) is 34.9 Å². The quantitative estimate of drug-likeness (QED) is 0.727. The first kappa shape index (κ1) is 21.2. The van der Waals surface area contributed by atoms with Crippen molar-refractivity contribution in [3.05, 3.63) is 42.2 Å². The molecular formula is C19H25N5O4S. The summed E-state index contributed by atoms with van der Waals surface area (Å²) in [4.78, 5) is 23.1. The molecule has 1 aromatic heterocycles. The highest BCUT2D eigenvalue weighted by atomic mass is 32.2. The summed E-state index contributed by atoms with van der Waals surface area (Å²) in [6, 6.07) is 7.59. The summed E-state index contributed by atoms with van der Waals surface area (Å²) in [6.07, 6.45) is 1.40. The summed E-state index contributed by atoms with van der Waals surface area (Å²) in [5.41, 5.74) is 0.343. The number of morpholine rings is 1. The third-order valence-electron chi connectivity index (χ3n) is 4.69. The van der Waals surface area contributed by atoms with Gasteiger partial charge in [0.15, 0.2) is 0 Å². The summed E-state index contributed by atoms with van der Waals surface area (Å²) < 4.78 is 31.8. The van der Waals surface area contributed by atoms with Crippen molar-refractivity contribution in [2.24, 2.45) is 0 Å². The third kappa shape index (κ3) is 4.89. The molecule has 1 aliphatic heterocycles. The van der Waals surface area contributed by atoms with E-state index in [1.807, 2.05) is 0 Å². The van der Waals surface area contributed by atoms with Gasteiger partial charge >= 0.3 is 0 Å². The van der Waals surface area contributed by atoms with Crippen molar-refractivity contribution >= 4 is 27.6 Å². The van der Waals surface area contributed by atoms with E-state index in [2.05, 4.69) is 20.2 Å². The summed E-state index contributed by atoms with van der Waals surface area (Å²) in [5, 5.41) is 2.73. The molecule has 0 bridgehead atoms. The third-order valence-corrected chi connectivity index (χ3v) is 6.75. The molecule has 2 heterocycles. The number of carbonyl (C=O) groups is 1. The highest BCUT2D eigenvalue weighted by molar-refractivity contribution is 7.89. The van der Waals surface area contributed by atoms with Gasteiger partial charge in [0.05, 0.1) is 18.1 Å². The lowest BCUT2D eigenvalue weighted by atomic mass is 10.2. The van der Waals surface area contributed by atoms with Crippen LogP contribution < -0.4 is 10.2 Å². The molecule has 156 valence electrons. The fraction of sp³-hybridized carbons (Fsp3) is 0.421. The van der Waals surface area contributed by atoms with Gasteiger partial charge in [-0.2, -0.15) is 4.31 Å². The Kier molecular flexibility index (Phi) is 6.78. The van der Waals surface area contributed by atoms with Gasteiger partial charge in [0, 0.05) is 37.8 Å². The minimum atomic E-state index is -3.56. The Bertz CT molecular complexity index is 939. The predicted molar refractivity (Wildman–Crippen MR) is 110 cm³/mol. The normalized spacial score (nSPS) is 14.8. The molecule has 10 heteroatoms. The molecular weight excluding hydrogens is 394 g/mol. The number of benzene rings is 1. The van der Waals surface area contributed by atoms with E-state index in [-0.39, 0.29) is 10.8 Å². The van der Waals surface area contributed by atoms with Crippen molar-refractivity contribution < 1.29 is 17.9 Å². The van der Waals surface area contributed by atoms with Gasteiger partial charge in [-0.25, -0.2) is 18.4 Å². The molecule has 1 aromatic carbocycles. The van der Waals surface area contributed by atoms with Crippen LogP contribution in [0.25, 0.3) is 0 Å². The van der Waals surface area contributed by atoms with Crippen LogP contribution >= 0.6 is 0 Å². The zero-order valence-electron chi connectivity index (χ0n) is 16.5. The number of anilines is 2. The van der Waals surface area contributed by atoms with E-state index in [9.17, 15) is 13.2 Å². The Balaban J connectivity index is 1.71. The molecule has 0 spiro atoms. The lowest BCUT2D eigenvalue weighted by Gasteiger charge is -2.27. The molecule has 1 saturated heterocycles. The highest BCUT2D eigenvalue weighted by Crippen LogP contribution is 2.18. The van der Waals surface area contributed by atoms with Gasteiger partial charge < -0.3 is 15.0 Å². The number of nitrogens with zero attached hydrogens (tertiary/aromatic N) is 4. The molecule has 29 heavy (non-hydrogen) atoms. The van der Waals surface area contributed by atoms with E-state index in [1.54, 1.807) is 19.9 Å². The van der Waals surface area contributed by atoms with E-state index in [4.69, 9.17) is 4.74 Å². The Morgan fingerprint density at radius 1 is 1.14 bits per heavy atom. The highest BCUT2D eigenvalue weighted by Gasteiger charge is 2.22. The summed E-state index contributed by atoms with van der Waals surface area (Å²) in [5.74, 6) is 0.731. The van der Waals surface area contributed by atoms with Crippen molar-refractivity contribution in [1.29, 1.82) is 0 Å². The van der Waals surface area contributed by atoms with Crippen molar-refractivity contribution in [3.8, 4) is 0 Å². The van der Waals surface area contributed by atoms with Gasteiger partial charge in [0.25, 0.3) is 5.91 Å². The molecule has 1 amide bonds. The van der Waals surface area contributed by atoms with Crippen molar-refractivity contribution in [3.63, 3.8) is 0 Å². The first-order chi connectivity index (χ1) is 14.0. The predicted octanol–water partition coefficient (Wildman–Crippen LogP) is 1.60. The molecule has 1 fully saturated rings. The second-order valence-corrected chi connectivity index (χ2v) is 8.37. The van der Waals surface area contributed by atoms with Gasteiger partial charge in [-0.3, -0.25) is 4.79 Å². The Morgan fingerprint density at radius 2 is 1.79 bits per heavy atom. The Labute approximate surface area is 170 Å². The van der Waals surface area contributed by atoms with Crippen molar-refractivity contribution in [2.75, 3.05) is 49.6 Å². The molecule has 3 rings (SSSR count). The number of aromatic nitrogens is 2. The van der Waals surface area contributed by atoms with Crippen LogP contribution in [0.4, 0.5) is 11.6 Å². The number of rotatable bonds is 7. The summed E-state index contributed by atoms with van der Waals surface area (Å²) in [7, 11) is -3.56. The van der Waals surface area contributed by atoms with Gasteiger partial charge in [-0.1, -0.05) is 13.8 Å². The molecule has 0 aliphatic carbocycles. The number of sulfonamides is 1. The number of hydrogen-bond acceptors (Lipinski definition) is 7. The Morgan fingerprint density at radius 3 is 2.41 bits per heavy atom. The van der Waals surface area contributed by atoms with Crippen LogP contribution in [0.2, 0.25) is 0 Å². The molecule has 1 aliphatic rings. The number of amides is 1. The van der Waals surface area contributed by atoms with Crippen LogP contribution in [0.5, 0.6) is 0 Å². The minimum absolute atomic E-state index is 0.161. The second kappa shape index (κ2) is 9.29. The Hall–Kier alpha value is -2.56. The van der Waals surface area contributed by atoms with Crippen LogP contribution in [-0.2, 0) is 14.8 Å². The van der Waals surface area contributed by atoms with Gasteiger partial charge in [-0.15, -0.1) is 0 Å². The smallest absolute Gasteiger partial charge is 0.256 e. The number of hydrogen-bond donors (Lipinski definition) is 1. The topological polar surface area (TPSA) is 105 Å². The van der Waals surface area contributed by atoms with E-state index < -0.39 is 10.0 Å². The molecule has 0 saturated carbocycles. The maximum absolute atomic E-state index is 12.5. The maximum atomic E-state index is 12.5. The van der Waals surface area contributed by atoms with Crippen LogP contribution in [-0.4, -0.2) is 68.0 Å². The van der Waals surface area contributed by atoms with E-state index >= 15 is 0 Å².